The molecule has 0 fully saturated rings. The lowest BCUT2D eigenvalue weighted by molar-refractivity contribution is 0.414. The Morgan fingerprint density at radius 1 is 1.22 bits per heavy atom. The van der Waals surface area contributed by atoms with E-state index in [4.69, 9.17) is 33.7 Å². The largest absolute Gasteiger partial charge is 0.494 e. The second kappa shape index (κ2) is 5.04. The Balaban J connectivity index is 2.64. The summed E-state index contributed by atoms with van der Waals surface area (Å²) in [4.78, 5) is 0. The highest BCUT2D eigenvalue weighted by Crippen LogP contribution is 2.37. The van der Waals surface area contributed by atoms with Crippen LogP contribution in [-0.2, 0) is 0 Å². The molecule has 0 aromatic heterocycles. The smallest absolute Gasteiger partial charge is 0.150 e. The quantitative estimate of drug-likeness (QED) is 0.831. The SMILES string of the molecule is COc1cc(-c2cccc(Cl)c2Cl)cc(F)c1N. The fourth-order valence-corrected chi connectivity index (χ4v) is 2.05. The minimum Gasteiger partial charge on any atom is -0.494 e. The summed E-state index contributed by atoms with van der Waals surface area (Å²) >= 11 is 12.0. The van der Waals surface area contributed by atoms with E-state index in [0.717, 1.165) is 0 Å². The zero-order valence-corrected chi connectivity index (χ0v) is 11.0. The van der Waals surface area contributed by atoms with Crippen molar-refractivity contribution in [2.75, 3.05) is 12.8 Å². The molecule has 0 atom stereocenters. The summed E-state index contributed by atoms with van der Waals surface area (Å²) in [5.74, 6) is -0.290. The zero-order valence-electron chi connectivity index (χ0n) is 9.51. The van der Waals surface area contributed by atoms with Crippen LogP contribution in [0.15, 0.2) is 30.3 Å². The molecule has 18 heavy (non-hydrogen) atoms. The molecule has 0 aliphatic heterocycles. The van der Waals surface area contributed by atoms with Crippen LogP contribution in [0.25, 0.3) is 11.1 Å². The summed E-state index contributed by atoms with van der Waals surface area (Å²) in [5, 5.41) is 0.774. The van der Waals surface area contributed by atoms with E-state index in [1.165, 1.54) is 13.2 Å². The Morgan fingerprint density at radius 3 is 2.61 bits per heavy atom. The third kappa shape index (κ3) is 2.24. The number of methoxy groups -OCH3 is 1. The van der Waals surface area contributed by atoms with E-state index >= 15 is 0 Å². The van der Waals surface area contributed by atoms with Crippen LogP contribution in [0.2, 0.25) is 10.0 Å². The van der Waals surface area contributed by atoms with Crippen molar-refractivity contribution in [2.45, 2.75) is 0 Å². The number of benzene rings is 2. The van der Waals surface area contributed by atoms with E-state index in [0.29, 0.717) is 21.2 Å². The lowest BCUT2D eigenvalue weighted by Gasteiger charge is -2.10. The maximum Gasteiger partial charge on any atom is 0.150 e. The first-order valence-corrected chi connectivity index (χ1v) is 5.87. The molecular weight excluding hydrogens is 276 g/mol. The van der Waals surface area contributed by atoms with E-state index in [2.05, 4.69) is 0 Å². The van der Waals surface area contributed by atoms with Crippen LogP contribution >= 0.6 is 23.2 Å². The fourth-order valence-electron chi connectivity index (χ4n) is 1.64. The lowest BCUT2D eigenvalue weighted by atomic mass is 10.0. The second-order valence-corrected chi connectivity index (χ2v) is 4.46. The highest BCUT2D eigenvalue weighted by atomic mass is 35.5. The van der Waals surface area contributed by atoms with Gasteiger partial charge >= 0.3 is 0 Å². The molecule has 0 aliphatic rings. The van der Waals surface area contributed by atoms with Gasteiger partial charge in [0.1, 0.15) is 11.4 Å². The minimum atomic E-state index is -0.555. The summed E-state index contributed by atoms with van der Waals surface area (Å²) < 4.78 is 18.7. The molecule has 2 N–H and O–H groups in total. The Hall–Kier alpha value is -1.45. The highest BCUT2D eigenvalue weighted by Gasteiger charge is 2.12. The minimum absolute atomic E-state index is 0.0283. The number of rotatable bonds is 2. The molecule has 0 heterocycles. The van der Waals surface area contributed by atoms with Crippen molar-refractivity contribution in [2.24, 2.45) is 0 Å². The van der Waals surface area contributed by atoms with Crippen molar-refractivity contribution in [3.8, 4) is 16.9 Å². The van der Waals surface area contributed by atoms with Gasteiger partial charge in [0.25, 0.3) is 0 Å². The number of halogens is 3. The van der Waals surface area contributed by atoms with Crippen LogP contribution in [0.4, 0.5) is 10.1 Å². The monoisotopic (exact) mass is 285 g/mol. The molecule has 94 valence electrons. The summed E-state index contributed by atoms with van der Waals surface area (Å²) in [6, 6.07) is 8.08. The Labute approximate surface area is 114 Å². The van der Waals surface area contributed by atoms with Crippen LogP contribution in [0.5, 0.6) is 5.75 Å². The molecule has 0 bridgehead atoms. The van der Waals surface area contributed by atoms with Gasteiger partial charge in [-0.1, -0.05) is 35.3 Å². The van der Waals surface area contributed by atoms with E-state index in [9.17, 15) is 4.39 Å². The molecule has 2 aromatic rings. The number of nitrogens with two attached hydrogens (primary N) is 1. The normalized spacial score (nSPS) is 10.4. The molecule has 0 radical (unpaired) electrons. The standard InChI is InChI=1S/C13H10Cl2FNO/c1-18-11-6-7(5-10(16)13(11)17)8-3-2-4-9(14)12(8)15/h2-6H,17H2,1H3. The molecule has 2 aromatic carbocycles. The first-order chi connectivity index (χ1) is 8.54. The van der Waals surface area contributed by atoms with Crippen molar-refractivity contribution >= 4 is 28.9 Å². The molecule has 5 heteroatoms. The highest BCUT2D eigenvalue weighted by molar-refractivity contribution is 6.43. The summed E-state index contributed by atoms with van der Waals surface area (Å²) in [6.45, 7) is 0. The van der Waals surface area contributed by atoms with Gasteiger partial charge in [-0.25, -0.2) is 4.39 Å². The fraction of sp³-hybridized carbons (Fsp3) is 0.0769. The topological polar surface area (TPSA) is 35.2 Å². The van der Waals surface area contributed by atoms with E-state index < -0.39 is 5.82 Å². The van der Waals surface area contributed by atoms with Crippen molar-refractivity contribution in [1.82, 2.24) is 0 Å². The van der Waals surface area contributed by atoms with E-state index in [1.807, 2.05) is 0 Å². The molecule has 0 amide bonds. The summed E-state index contributed by atoms with van der Waals surface area (Å²) in [7, 11) is 1.43. The average molecular weight is 286 g/mol. The summed E-state index contributed by atoms with van der Waals surface area (Å²) in [6.07, 6.45) is 0. The van der Waals surface area contributed by atoms with Crippen molar-refractivity contribution in [1.29, 1.82) is 0 Å². The van der Waals surface area contributed by atoms with Crippen LogP contribution in [0.3, 0.4) is 0 Å². The molecule has 2 nitrogen and oxygen atoms in total. The van der Waals surface area contributed by atoms with E-state index in [-0.39, 0.29) is 11.4 Å². The van der Waals surface area contributed by atoms with Crippen molar-refractivity contribution < 1.29 is 9.13 Å². The van der Waals surface area contributed by atoms with Gasteiger partial charge < -0.3 is 10.5 Å². The number of hydrogen-bond acceptors (Lipinski definition) is 2. The number of anilines is 1. The van der Waals surface area contributed by atoms with Crippen LogP contribution in [0, 0.1) is 5.82 Å². The Kier molecular flexibility index (Phi) is 3.64. The first kappa shape index (κ1) is 13.0. The molecular formula is C13H10Cl2FNO. The third-order valence-electron chi connectivity index (χ3n) is 2.57. The molecule has 0 saturated carbocycles. The van der Waals surface area contributed by atoms with E-state index in [1.54, 1.807) is 24.3 Å². The van der Waals surface area contributed by atoms with Gasteiger partial charge in [-0.3, -0.25) is 0 Å². The number of nitrogen functional groups attached to an aromatic ring is 1. The predicted molar refractivity (Wildman–Crippen MR) is 72.8 cm³/mol. The van der Waals surface area contributed by atoms with Crippen LogP contribution in [-0.4, -0.2) is 7.11 Å². The molecule has 0 spiro atoms. The van der Waals surface area contributed by atoms with Gasteiger partial charge in [0.15, 0.2) is 5.82 Å². The summed E-state index contributed by atoms with van der Waals surface area (Å²) in [5.41, 5.74) is 6.71. The Bertz CT molecular complexity index is 602. The average Bonchev–Trinajstić information content (AvgIpc) is 2.36. The molecule has 0 saturated heterocycles. The van der Waals surface area contributed by atoms with Crippen LogP contribution in [0.1, 0.15) is 0 Å². The third-order valence-corrected chi connectivity index (χ3v) is 3.39. The first-order valence-electron chi connectivity index (χ1n) is 5.12. The van der Waals surface area contributed by atoms with Gasteiger partial charge in [-0.2, -0.15) is 0 Å². The van der Waals surface area contributed by atoms with Gasteiger partial charge in [0, 0.05) is 5.56 Å². The molecule has 0 unspecified atom stereocenters. The van der Waals surface area contributed by atoms with Crippen molar-refractivity contribution in [3.05, 3.63) is 46.2 Å². The molecule has 2 rings (SSSR count). The van der Waals surface area contributed by atoms with Gasteiger partial charge in [0.05, 0.1) is 17.2 Å². The number of ether oxygens (including phenoxy) is 1. The second-order valence-electron chi connectivity index (χ2n) is 3.68. The van der Waals surface area contributed by atoms with Crippen LogP contribution < -0.4 is 10.5 Å². The maximum atomic E-state index is 13.7. The predicted octanol–water partition coefficient (Wildman–Crippen LogP) is 4.39. The zero-order chi connectivity index (χ0) is 13.3. The van der Waals surface area contributed by atoms with Gasteiger partial charge in [0.2, 0.25) is 0 Å². The lowest BCUT2D eigenvalue weighted by Crippen LogP contribution is -1.97. The van der Waals surface area contributed by atoms with Crippen molar-refractivity contribution in [3.63, 3.8) is 0 Å². The van der Waals surface area contributed by atoms with Gasteiger partial charge in [-0.05, 0) is 23.8 Å². The maximum absolute atomic E-state index is 13.7. The number of hydrogen-bond donors (Lipinski definition) is 1. The Morgan fingerprint density at radius 2 is 1.94 bits per heavy atom. The van der Waals surface area contributed by atoms with Gasteiger partial charge in [-0.15, -0.1) is 0 Å². The molecule has 0 aliphatic carbocycles.